The first kappa shape index (κ1) is 25.2. The maximum absolute atomic E-state index is 12.3. The number of ether oxygens (including phenoxy) is 3. The second kappa shape index (κ2) is 13.3. The van der Waals surface area contributed by atoms with Crippen LogP contribution in [0.3, 0.4) is 0 Å². The Morgan fingerprint density at radius 3 is 2.37 bits per heavy atom. The molecule has 0 atom stereocenters. The van der Waals surface area contributed by atoms with Crippen molar-refractivity contribution in [2.75, 3.05) is 13.2 Å². The fourth-order valence-electron chi connectivity index (χ4n) is 3.02. The quantitative estimate of drug-likeness (QED) is 0.132. The lowest BCUT2D eigenvalue weighted by Crippen LogP contribution is -2.24. The van der Waals surface area contributed by atoms with Crippen LogP contribution in [0.15, 0.2) is 90.6 Å². The van der Waals surface area contributed by atoms with Gasteiger partial charge in [-0.2, -0.15) is 5.10 Å². The first-order chi connectivity index (χ1) is 17.1. The molecule has 0 radical (unpaired) electrons. The smallest absolute Gasteiger partial charge is 0.343 e. The van der Waals surface area contributed by atoms with Crippen LogP contribution < -0.4 is 19.6 Å². The van der Waals surface area contributed by atoms with E-state index in [-0.39, 0.29) is 12.5 Å². The van der Waals surface area contributed by atoms with Gasteiger partial charge in [-0.25, -0.2) is 10.2 Å². The van der Waals surface area contributed by atoms with E-state index in [0.29, 0.717) is 35.8 Å². The van der Waals surface area contributed by atoms with Gasteiger partial charge in [0.25, 0.3) is 5.91 Å². The number of allylic oxidation sites excluding steroid dienone is 1. The lowest BCUT2D eigenvalue weighted by atomic mass is 10.1. The molecular formula is C28H28N2O5. The summed E-state index contributed by atoms with van der Waals surface area (Å²) in [6.07, 6.45) is 4.84. The number of rotatable bonds is 12. The number of carbonyl (C=O) groups excluding carboxylic acids is 2. The second-order valence-corrected chi connectivity index (χ2v) is 7.51. The highest BCUT2D eigenvalue weighted by Gasteiger charge is 2.09. The Bertz CT molecular complexity index is 1150. The van der Waals surface area contributed by atoms with Crippen LogP contribution in [0.4, 0.5) is 0 Å². The van der Waals surface area contributed by atoms with Gasteiger partial charge in [0.1, 0.15) is 17.2 Å². The zero-order valence-corrected chi connectivity index (χ0v) is 19.6. The van der Waals surface area contributed by atoms with Crippen molar-refractivity contribution in [1.29, 1.82) is 0 Å². The molecule has 1 amide bonds. The van der Waals surface area contributed by atoms with Crippen molar-refractivity contribution >= 4 is 18.1 Å². The van der Waals surface area contributed by atoms with E-state index in [0.717, 1.165) is 17.5 Å². The van der Waals surface area contributed by atoms with E-state index in [1.54, 1.807) is 60.7 Å². The summed E-state index contributed by atoms with van der Waals surface area (Å²) in [7, 11) is 0. The van der Waals surface area contributed by atoms with Gasteiger partial charge in [-0.15, -0.1) is 6.58 Å². The first-order valence-corrected chi connectivity index (χ1v) is 11.3. The van der Waals surface area contributed by atoms with Gasteiger partial charge < -0.3 is 14.2 Å². The lowest BCUT2D eigenvalue weighted by molar-refractivity contribution is -0.123. The third-order valence-electron chi connectivity index (χ3n) is 4.75. The van der Waals surface area contributed by atoms with Crippen molar-refractivity contribution < 1.29 is 23.8 Å². The molecule has 180 valence electrons. The third-order valence-corrected chi connectivity index (χ3v) is 4.75. The molecule has 0 fully saturated rings. The van der Waals surface area contributed by atoms with Crippen LogP contribution in [0.2, 0.25) is 0 Å². The van der Waals surface area contributed by atoms with Crippen molar-refractivity contribution in [2.24, 2.45) is 5.10 Å². The summed E-state index contributed by atoms with van der Waals surface area (Å²) >= 11 is 0. The molecule has 7 heteroatoms. The van der Waals surface area contributed by atoms with Crippen LogP contribution in [0, 0.1) is 0 Å². The van der Waals surface area contributed by atoms with Crippen LogP contribution in [-0.2, 0) is 11.2 Å². The van der Waals surface area contributed by atoms with Gasteiger partial charge >= 0.3 is 5.97 Å². The molecule has 0 heterocycles. The Morgan fingerprint density at radius 1 is 0.943 bits per heavy atom. The summed E-state index contributed by atoms with van der Waals surface area (Å²) in [6.45, 7) is 6.22. The normalized spacial score (nSPS) is 10.5. The predicted molar refractivity (Wildman–Crippen MR) is 135 cm³/mol. The second-order valence-electron chi connectivity index (χ2n) is 7.51. The molecular weight excluding hydrogens is 444 g/mol. The number of hydrazone groups is 1. The highest BCUT2D eigenvalue weighted by molar-refractivity contribution is 5.91. The third kappa shape index (κ3) is 8.16. The zero-order chi connectivity index (χ0) is 24.9. The molecule has 0 aliphatic carbocycles. The number of esters is 1. The van der Waals surface area contributed by atoms with E-state index in [1.165, 1.54) is 6.21 Å². The van der Waals surface area contributed by atoms with Gasteiger partial charge in [0, 0.05) is 0 Å². The van der Waals surface area contributed by atoms with E-state index in [1.807, 2.05) is 25.1 Å². The molecule has 0 saturated carbocycles. The number of nitrogens with one attached hydrogen (secondary N) is 1. The molecule has 0 aliphatic heterocycles. The molecule has 0 saturated heterocycles. The van der Waals surface area contributed by atoms with Crippen molar-refractivity contribution in [3.05, 3.63) is 102 Å². The topological polar surface area (TPSA) is 86.2 Å². The molecule has 3 aromatic rings. The standard InChI is InChI=1S/C28H28N2O5/c1-3-7-22-8-5-6-9-26(22)34-20-27(31)30-29-19-21-10-14-25(15-11-21)35-28(32)23-12-16-24(17-13-23)33-18-4-2/h3,5-6,8-17,19H,1,4,7,18,20H2,2H3,(H,30,31). The summed E-state index contributed by atoms with van der Waals surface area (Å²) in [6, 6.07) is 21.0. The molecule has 3 rings (SSSR count). The lowest BCUT2D eigenvalue weighted by Gasteiger charge is -2.09. The fraction of sp³-hybridized carbons (Fsp3) is 0.179. The van der Waals surface area contributed by atoms with E-state index in [2.05, 4.69) is 17.1 Å². The predicted octanol–water partition coefficient (Wildman–Crippen LogP) is 4.95. The SMILES string of the molecule is C=CCc1ccccc1OCC(=O)NN=Cc1ccc(OC(=O)c2ccc(OCCC)cc2)cc1. The summed E-state index contributed by atoms with van der Waals surface area (Å²) in [5.41, 5.74) is 4.53. The highest BCUT2D eigenvalue weighted by Crippen LogP contribution is 2.19. The van der Waals surface area contributed by atoms with Crippen LogP contribution in [0.1, 0.15) is 34.8 Å². The van der Waals surface area contributed by atoms with E-state index < -0.39 is 5.97 Å². The molecule has 35 heavy (non-hydrogen) atoms. The molecule has 1 N–H and O–H groups in total. The Hall–Kier alpha value is -4.39. The van der Waals surface area contributed by atoms with Crippen molar-refractivity contribution in [3.8, 4) is 17.2 Å². The molecule has 0 aliphatic rings. The average molecular weight is 473 g/mol. The largest absolute Gasteiger partial charge is 0.494 e. The zero-order valence-electron chi connectivity index (χ0n) is 19.6. The maximum Gasteiger partial charge on any atom is 0.343 e. The Morgan fingerprint density at radius 2 is 1.66 bits per heavy atom. The minimum Gasteiger partial charge on any atom is -0.494 e. The van der Waals surface area contributed by atoms with E-state index in [4.69, 9.17) is 14.2 Å². The molecule has 0 aromatic heterocycles. The van der Waals surface area contributed by atoms with Gasteiger partial charge in [0.05, 0.1) is 18.4 Å². The van der Waals surface area contributed by atoms with Crippen molar-refractivity contribution in [1.82, 2.24) is 5.43 Å². The summed E-state index contributed by atoms with van der Waals surface area (Å²) in [5.74, 6) is 0.899. The van der Waals surface area contributed by atoms with E-state index in [9.17, 15) is 9.59 Å². The number of nitrogens with zero attached hydrogens (tertiary/aromatic N) is 1. The van der Waals surface area contributed by atoms with Crippen LogP contribution in [0.5, 0.6) is 17.2 Å². The monoisotopic (exact) mass is 472 g/mol. The number of amides is 1. The van der Waals surface area contributed by atoms with Crippen LogP contribution >= 0.6 is 0 Å². The number of hydrogen-bond acceptors (Lipinski definition) is 6. The molecule has 3 aromatic carbocycles. The Labute approximate surface area is 205 Å². The molecule has 0 unspecified atom stereocenters. The summed E-state index contributed by atoms with van der Waals surface area (Å²) < 4.78 is 16.5. The van der Waals surface area contributed by atoms with Gasteiger partial charge in [0.2, 0.25) is 0 Å². The van der Waals surface area contributed by atoms with E-state index >= 15 is 0 Å². The van der Waals surface area contributed by atoms with Crippen LogP contribution in [0.25, 0.3) is 0 Å². The maximum atomic E-state index is 12.3. The summed E-state index contributed by atoms with van der Waals surface area (Å²) in [4.78, 5) is 24.4. The Kier molecular flexibility index (Phi) is 9.63. The van der Waals surface area contributed by atoms with Crippen LogP contribution in [-0.4, -0.2) is 31.3 Å². The minimum atomic E-state index is -0.463. The van der Waals surface area contributed by atoms with Gasteiger partial charge in [-0.3, -0.25) is 4.79 Å². The highest BCUT2D eigenvalue weighted by atomic mass is 16.5. The number of para-hydroxylation sites is 1. The van der Waals surface area contributed by atoms with Crippen molar-refractivity contribution in [3.63, 3.8) is 0 Å². The molecule has 0 bridgehead atoms. The Balaban J connectivity index is 1.45. The van der Waals surface area contributed by atoms with Gasteiger partial charge in [-0.05, 0) is 78.6 Å². The summed E-state index contributed by atoms with van der Waals surface area (Å²) in [5, 5.41) is 3.94. The minimum absolute atomic E-state index is 0.161. The number of carbonyl (C=O) groups is 2. The average Bonchev–Trinajstić information content (AvgIpc) is 2.88. The number of hydrogen-bond donors (Lipinski definition) is 1. The van der Waals surface area contributed by atoms with Gasteiger partial charge in [0.15, 0.2) is 6.61 Å². The first-order valence-electron chi connectivity index (χ1n) is 11.3. The molecule has 0 spiro atoms. The van der Waals surface area contributed by atoms with Gasteiger partial charge in [-0.1, -0.05) is 31.2 Å². The van der Waals surface area contributed by atoms with Crippen molar-refractivity contribution in [2.45, 2.75) is 19.8 Å². The number of benzene rings is 3. The fourth-order valence-corrected chi connectivity index (χ4v) is 3.02. The molecule has 7 nitrogen and oxygen atoms in total.